The third-order valence-corrected chi connectivity index (χ3v) is 5.14. The van der Waals surface area contributed by atoms with Gasteiger partial charge in [0.15, 0.2) is 0 Å². The average Bonchev–Trinajstić information content (AvgIpc) is 3.30. The standard InChI is InChI=1S/C19H22N8O2/c1-11-9-21-19(23-15-4-5-22-25(15)3)24-16(11)13-8-14-18(29)27(12(2)17(20)28)7-6-26(14)10-13/h4-5,8-10,12H,6-7H2,1-3H3,(H2,20,28)(H,21,23,24). The van der Waals surface area contributed by atoms with Crippen LogP contribution in [0.1, 0.15) is 23.0 Å². The minimum absolute atomic E-state index is 0.214. The zero-order chi connectivity index (χ0) is 20.7. The Morgan fingerprint density at radius 3 is 2.83 bits per heavy atom. The van der Waals surface area contributed by atoms with Gasteiger partial charge < -0.3 is 20.5 Å². The molecule has 10 nitrogen and oxygen atoms in total. The highest BCUT2D eigenvalue weighted by molar-refractivity contribution is 5.97. The first-order valence-corrected chi connectivity index (χ1v) is 9.24. The molecule has 150 valence electrons. The molecule has 10 heteroatoms. The highest BCUT2D eigenvalue weighted by Crippen LogP contribution is 2.27. The van der Waals surface area contributed by atoms with Crippen molar-refractivity contribution < 1.29 is 9.59 Å². The number of hydrogen-bond donors (Lipinski definition) is 2. The summed E-state index contributed by atoms with van der Waals surface area (Å²) >= 11 is 0. The molecule has 1 unspecified atom stereocenters. The molecule has 0 bridgehead atoms. The lowest BCUT2D eigenvalue weighted by Crippen LogP contribution is -2.50. The van der Waals surface area contributed by atoms with Gasteiger partial charge in [0.05, 0.1) is 11.9 Å². The maximum absolute atomic E-state index is 12.9. The number of nitrogens with two attached hydrogens (primary N) is 1. The first-order valence-electron chi connectivity index (χ1n) is 9.24. The maximum atomic E-state index is 12.9. The molecule has 0 saturated heterocycles. The van der Waals surface area contributed by atoms with Crippen molar-refractivity contribution >= 4 is 23.6 Å². The van der Waals surface area contributed by atoms with E-state index < -0.39 is 11.9 Å². The predicted octanol–water partition coefficient (Wildman–Crippen LogP) is 1.06. The van der Waals surface area contributed by atoms with Gasteiger partial charge in [-0.05, 0) is 25.5 Å². The van der Waals surface area contributed by atoms with E-state index in [4.69, 9.17) is 5.73 Å². The van der Waals surface area contributed by atoms with E-state index in [0.717, 1.165) is 22.6 Å². The normalized spacial score (nSPS) is 14.6. The summed E-state index contributed by atoms with van der Waals surface area (Å²) in [5, 5.41) is 7.26. The van der Waals surface area contributed by atoms with Crippen LogP contribution >= 0.6 is 0 Å². The van der Waals surface area contributed by atoms with Gasteiger partial charge in [0, 0.05) is 44.2 Å². The molecule has 2 amide bonds. The molecule has 0 fully saturated rings. The van der Waals surface area contributed by atoms with E-state index in [2.05, 4.69) is 20.4 Å². The molecule has 0 saturated carbocycles. The van der Waals surface area contributed by atoms with Crippen molar-refractivity contribution in [3.63, 3.8) is 0 Å². The van der Waals surface area contributed by atoms with Crippen molar-refractivity contribution in [2.45, 2.75) is 26.4 Å². The van der Waals surface area contributed by atoms with Gasteiger partial charge in [-0.15, -0.1) is 0 Å². The number of anilines is 2. The number of nitrogens with zero attached hydrogens (tertiary/aromatic N) is 6. The second kappa shape index (κ2) is 7.04. The number of hydrogen-bond acceptors (Lipinski definition) is 6. The number of carbonyl (C=O) groups excluding carboxylic acids is 2. The molecule has 1 aliphatic rings. The predicted molar refractivity (Wildman–Crippen MR) is 106 cm³/mol. The largest absolute Gasteiger partial charge is 0.368 e. The summed E-state index contributed by atoms with van der Waals surface area (Å²) in [5.74, 6) is 0.473. The fourth-order valence-corrected chi connectivity index (χ4v) is 3.40. The summed E-state index contributed by atoms with van der Waals surface area (Å²) in [6, 6.07) is 2.98. The number of aromatic nitrogens is 5. The zero-order valence-corrected chi connectivity index (χ0v) is 16.5. The number of carbonyl (C=O) groups is 2. The van der Waals surface area contributed by atoms with Gasteiger partial charge in [-0.3, -0.25) is 14.3 Å². The minimum atomic E-state index is -0.648. The molecular formula is C19H22N8O2. The number of rotatable bonds is 5. The second-order valence-corrected chi connectivity index (χ2v) is 7.07. The van der Waals surface area contributed by atoms with Crippen LogP contribution in [0.2, 0.25) is 0 Å². The maximum Gasteiger partial charge on any atom is 0.271 e. The lowest BCUT2D eigenvalue weighted by atomic mass is 10.1. The Morgan fingerprint density at radius 1 is 1.34 bits per heavy atom. The summed E-state index contributed by atoms with van der Waals surface area (Å²) in [6.07, 6.45) is 5.33. The van der Waals surface area contributed by atoms with Crippen LogP contribution in [0.4, 0.5) is 11.8 Å². The van der Waals surface area contributed by atoms with Crippen LogP contribution in [-0.2, 0) is 18.4 Å². The number of primary amides is 1. The highest BCUT2D eigenvalue weighted by atomic mass is 16.2. The fraction of sp³-hybridized carbons (Fsp3) is 0.316. The smallest absolute Gasteiger partial charge is 0.271 e. The molecule has 4 heterocycles. The van der Waals surface area contributed by atoms with E-state index in [9.17, 15) is 9.59 Å². The molecule has 1 aliphatic heterocycles. The van der Waals surface area contributed by atoms with Crippen molar-refractivity contribution in [3.8, 4) is 11.3 Å². The van der Waals surface area contributed by atoms with E-state index in [0.29, 0.717) is 24.7 Å². The number of fused-ring (bicyclic) bond motifs is 1. The summed E-state index contributed by atoms with van der Waals surface area (Å²) in [6.45, 7) is 4.58. The van der Waals surface area contributed by atoms with E-state index >= 15 is 0 Å². The van der Waals surface area contributed by atoms with E-state index in [1.165, 1.54) is 4.90 Å². The molecule has 3 N–H and O–H groups in total. The van der Waals surface area contributed by atoms with Crippen LogP contribution in [0.5, 0.6) is 0 Å². The first kappa shape index (κ1) is 18.7. The molecular weight excluding hydrogens is 372 g/mol. The van der Waals surface area contributed by atoms with E-state index in [1.54, 1.807) is 30.1 Å². The van der Waals surface area contributed by atoms with Crippen LogP contribution < -0.4 is 11.1 Å². The second-order valence-electron chi connectivity index (χ2n) is 7.07. The fourth-order valence-electron chi connectivity index (χ4n) is 3.40. The Balaban J connectivity index is 1.66. The Bertz CT molecular complexity index is 1100. The Morgan fingerprint density at radius 2 is 2.14 bits per heavy atom. The van der Waals surface area contributed by atoms with Gasteiger partial charge in [-0.25, -0.2) is 9.97 Å². The summed E-state index contributed by atoms with van der Waals surface area (Å²) in [7, 11) is 1.82. The van der Waals surface area contributed by atoms with Gasteiger partial charge in [-0.1, -0.05) is 0 Å². The zero-order valence-electron chi connectivity index (χ0n) is 16.5. The average molecular weight is 394 g/mol. The molecule has 0 aromatic carbocycles. The Hall–Kier alpha value is -3.69. The third kappa shape index (κ3) is 3.33. The van der Waals surface area contributed by atoms with Gasteiger partial charge in [0.2, 0.25) is 11.9 Å². The highest BCUT2D eigenvalue weighted by Gasteiger charge is 2.31. The van der Waals surface area contributed by atoms with Gasteiger partial charge in [0.25, 0.3) is 5.91 Å². The topological polar surface area (TPSA) is 124 Å². The first-order chi connectivity index (χ1) is 13.8. The molecule has 29 heavy (non-hydrogen) atoms. The van der Waals surface area contributed by atoms with Gasteiger partial charge in [0.1, 0.15) is 17.6 Å². The summed E-state index contributed by atoms with van der Waals surface area (Å²) < 4.78 is 3.57. The number of amides is 2. The van der Waals surface area contributed by atoms with Crippen molar-refractivity contribution in [1.29, 1.82) is 0 Å². The number of nitrogens with one attached hydrogen (secondary N) is 1. The summed E-state index contributed by atoms with van der Waals surface area (Å²) in [4.78, 5) is 34.8. The minimum Gasteiger partial charge on any atom is -0.368 e. The van der Waals surface area contributed by atoms with Crippen LogP contribution in [0.3, 0.4) is 0 Å². The van der Waals surface area contributed by atoms with Crippen molar-refractivity contribution in [3.05, 3.63) is 42.0 Å². The lowest BCUT2D eigenvalue weighted by molar-refractivity contribution is -0.122. The molecule has 3 aromatic heterocycles. The van der Waals surface area contributed by atoms with Gasteiger partial charge >= 0.3 is 0 Å². The van der Waals surface area contributed by atoms with Crippen LogP contribution in [0.15, 0.2) is 30.7 Å². The number of aryl methyl sites for hydroxylation is 2. The third-order valence-electron chi connectivity index (χ3n) is 5.14. The summed E-state index contributed by atoms with van der Waals surface area (Å²) in [5.41, 5.74) is 8.32. The Kier molecular flexibility index (Phi) is 4.53. The van der Waals surface area contributed by atoms with Crippen molar-refractivity contribution in [1.82, 2.24) is 29.2 Å². The van der Waals surface area contributed by atoms with Crippen LogP contribution in [0, 0.1) is 6.92 Å². The van der Waals surface area contributed by atoms with Crippen molar-refractivity contribution in [2.75, 3.05) is 11.9 Å². The molecule has 1 atom stereocenters. The molecule has 3 aromatic rings. The van der Waals surface area contributed by atoms with Gasteiger partial charge in [-0.2, -0.15) is 5.10 Å². The Labute approximate surface area is 167 Å². The van der Waals surface area contributed by atoms with E-state index in [1.807, 2.05) is 30.8 Å². The SMILES string of the molecule is Cc1cnc(Nc2ccnn2C)nc1-c1cc2n(c1)CCN(C(C)C(N)=O)C2=O. The van der Waals surface area contributed by atoms with Crippen LogP contribution in [-0.4, -0.2) is 53.6 Å². The quantitative estimate of drug-likeness (QED) is 0.667. The van der Waals surface area contributed by atoms with E-state index in [-0.39, 0.29) is 5.91 Å². The lowest BCUT2D eigenvalue weighted by Gasteiger charge is -2.31. The molecule has 0 spiro atoms. The molecule has 0 aliphatic carbocycles. The van der Waals surface area contributed by atoms with Crippen LogP contribution in [0.25, 0.3) is 11.3 Å². The molecule has 0 radical (unpaired) electrons. The monoisotopic (exact) mass is 394 g/mol. The molecule has 4 rings (SSSR count). The van der Waals surface area contributed by atoms with Crippen molar-refractivity contribution in [2.24, 2.45) is 12.8 Å².